The van der Waals surface area contributed by atoms with Crippen LogP contribution in [0.5, 0.6) is 0 Å². The smallest absolute Gasteiger partial charge is 0.261 e. The molecule has 1 saturated heterocycles. The number of amides is 1. The highest BCUT2D eigenvalue weighted by Gasteiger charge is 2.30. The summed E-state index contributed by atoms with van der Waals surface area (Å²) >= 11 is 1.47. The van der Waals surface area contributed by atoms with Crippen LogP contribution in [-0.4, -0.2) is 51.6 Å². The lowest BCUT2D eigenvalue weighted by Gasteiger charge is -2.34. The van der Waals surface area contributed by atoms with Gasteiger partial charge in [0.1, 0.15) is 4.83 Å². The van der Waals surface area contributed by atoms with E-state index in [0.717, 1.165) is 72.1 Å². The number of likely N-dealkylation sites (tertiary alicyclic amines) is 1. The number of benzene rings is 1. The van der Waals surface area contributed by atoms with Crippen molar-refractivity contribution in [1.29, 1.82) is 0 Å². The second-order valence-corrected chi connectivity index (χ2v) is 14.1. The molecule has 4 aromatic rings. The van der Waals surface area contributed by atoms with Crippen molar-refractivity contribution < 1.29 is 9.90 Å². The minimum Gasteiger partial charge on any atom is -0.392 e. The maximum absolute atomic E-state index is 13.7. The van der Waals surface area contributed by atoms with E-state index in [1.165, 1.54) is 28.7 Å². The molecule has 8 heteroatoms. The Balaban J connectivity index is 1.22. The molecule has 3 atom stereocenters. The maximum atomic E-state index is 13.7. The molecule has 1 aliphatic heterocycles. The summed E-state index contributed by atoms with van der Waals surface area (Å²) in [6, 6.07) is 15.6. The van der Waals surface area contributed by atoms with Crippen molar-refractivity contribution in [3.05, 3.63) is 86.8 Å². The summed E-state index contributed by atoms with van der Waals surface area (Å²) in [6.45, 7) is 9.30. The Kier molecular flexibility index (Phi) is 8.05. The molecule has 4 heterocycles. The van der Waals surface area contributed by atoms with Crippen molar-refractivity contribution in [2.75, 3.05) is 19.6 Å². The van der Waals surface area contributed by atoms with Gasteiger partial charge in [0.2, 0.25) is 5.56 Å². The van der Waals surface area contributed by atoms with E-state index in [2.05, 4.69) is 54.2 Å². The largest absolute Gasteiger partial charge is 0.392 e. The van der Waals surface area contributed by atoms with Crippen LogP contribution in [0.25, 0.3) is 21.3 Å². The van der Waals surface area contributed by atoms with Crippen LogP contribution in [-0.2, 0) is 12.8 Å². The lowest BCUT2D eigenvalue weighted by atomic mass is 9.71. The molecule has 1 aromatic carbocycles. The predicted molar refractivity (Wildman–Crippen MR) is 169 cm³/mol. The summed E-state index contributed by atoms with van der Waals surface area (Å²) in [6.07, 6.45) is 6.17. The molecular formula is C34H40N4O3S. The van der Waals surface area contributed by atoms with Gasteiger partial charge in [-0.1, -0.05) is 45.0 Å². The number of pyridine rings is 2. The number of aromatic nitrogens is 2. The predicted octanol–water partition coefficient (Wildman–Crippen LogP) is 5.73. The van der Waals surface area contributed by atoms with E-state index >= 15 is 0 Å². The van der Waals surface area contributed by atoms with Crippen LogP contribution in [0.15, 0.2) is 59.5 Å². The number of H-pyrrole nitrogens is 1. The number of hydrogen-bond acceptors (Lipinski definition) is 6. The number of aliphatic hydroxyl groups excluding tert-OH is 1. The fourth-order valence-electron chi connectivity index (χ4n) is 6.35. The third-order valence-electron chi connectivity index (χ3n) is 9.04. The third kappa shape index (κ3) is 6.36. The van der Waals surface area contributed by atoms with Crippen LogP contribution in [0.4, 0.5) is 0 Å². The first-order valence-electron chi connectivity index (χ1n) is 15.0. The van der Waals surface area contributed by atoms with Gasteiger partial charge in [-0.2, -0.15) is 0 Å². The number of carbonyl (C=O) groups is 1. The average Bonchev–Trinajstić information content (AvgIpc) is 3.59. The van der Waals surface area contributed by atoms with Crippen molar-refractivity contribution in [1.82, 2.24) is 20.2 Å². The summed E-state index contributed by atoms with van der Waals surface area (Å²) in [7, 11) is 0. The lowest BCUT2D eigenvalue weighted by molar-refractivity contribution is 0.0935. The van der Waals surface area contributed by atoms with Crippen LogP contribution in [0.3, 0.4) is 0 Å². The van der Waals surface area contributed by atoms with Crippen LogP contribution in [0, 0.1) is 11.3 Å². The number of carbonyl (C=O) groups excluding carboxylic acids is 1. The zero-order valence-corrected chi connectivity index (χ0v) is 25.5. The summed E-state index contributed by atoms with van der Waals surface area (Å²) in [5.74, 6) is 0.554. The minimum atomic E-state index is -0.273. The molecular weight excluding hydrogens is 544 g/mol. The highest BCUT2D eigenvalue weighted by molar-refractivity contribution is 7.20. The van der Waals surface area contributed by atoms with E-state index in [9.17, 15) is 14.7 Å². The highest BCUT2D eigenvalue weighted by Crippen LogP contribution is 2.38. The van der Waals surface area contributed by atoms with Gasteiger partial charge in [0.25, 0.3) is 5.91 Å². The van der Waals surface area contributed by atoms with Crippen molar-refractivity contribution in [2.24, 2.45) is 11.3 Å². The number of aliphatic hydroxyl groups is 1. The molecule has 1 aliphatic carbocycles. The number of β-amino-alcohol motifs (C(OH)–C–C–N with tert-alkyl or cyclic N) is 1. The fourth-order valence-corrected chi connectivity index (χ4v) is 7.29. The van der Waals surface area contributed by atoms with Gasteiger partial charge in [-0.15, -0.1) is 11.3 Å². The van der Waals surface area contributed by atoms with E-state index in [0.29, 0.717) is 17.3 Å². The quantitative estimate of drug-likeness (QED) is 0.258. The highest BCUT2D eigenvalue weighted by atomic mass is 32.1. The number of thiophene rings is 1. The average molecular weight is 585 g/mol. The number of rotatable bonds is 7. The number of hydrogen-bond donors (Lipinski definition) is 3. The Hall–Kier alpha value is -3.33. The first-order valence-corrected chi connectivity index (χ1v) is 15.9. The van der Waals surface area contributed by atoms with Gasteiger partial charge >= 0.3 is 0 Å². The molecule has 1 unspecified atom stereocenters. The summed E-state index contributed by atoms with van der Waals surface area (Å²) in [5.41, 5.74) is 5.61. The normalized spacial score (nSPS) is 20.0. The summed E-state index contributed by atoms with van der Waals surface area (Å²) in [4.78, 5) is 36.7. The first kappa shape index (κ1) is 28.8. The van der Waals surface area contributed by atoms with Crippen molar-refractivity contribution in [3.63, 3.8) is 0 Å². The monoisotopic (exact) mass is 584 g/mol. The van der Waals surface area contributed by atoms with Gasteiger partial charge in [0.15, 0.2) is 0 Å². The minimum absolute atomic E-state index is 0.0836. The van der Waals surface area contributed by atoms with Crippen molar-refractivity contribution in [2.45, 2.75) is 65.0 Å². The summed E-state index contributed by atoms with van der Waals surface area (Å²) < 4.78 is 0. The topological polar surface area (TPSA) is 98.3 Å². The van der Waals surface area contributed by atoms with Crippen molar-refractivity contribution >= 4 is 27.5 Å². The number of aromatic amines is 1. The van der Waals surface area contributed by atoms with Gasteiger partial charge in [0, 0.05) is 43.0 Å². The molecule has 1 amide bonds. The summed E-state index contributed by atoms with van der Waals surface area (Å²) in [5, 5.41) is 14.4. The molecule has 0 bridgehead atoms. The lowest BCUT2D eigenvalue weighted by Crippen LogP contribution is -2.32. The molecule has 220 valence electrons. The molecule has 1 fully saturated rings. The molecule has 0 radical (unpaired) electrons. The Bertz CT molecular complexity index is 1620. The molecule has 0 saturated carbocycles. The number of nitrogens with zero attached hydrogens (tertiary/aromatic N) is 2. The van der Waals surface area contributed by atoms with Crippen LogP contribution < -0.4 is 10.9 Å². The molecule has 0 spiro atoms. The molecule has 2 aliphatic rings. The van der Waals surface area contributed by atoms with Gasteiger partial charge in [-0.3, -0.25) is 9.59 Å². The Labute approximate surface area is 251 Å². The van der Waals surface area contributed by atoms with Gasteiger partial charge in [-0.05, 0) is 83.9 Å². The van der Waals surface area contributed by atoms with Gasteiger partial charge in [0.05, 0.1) is 17.0 Å². The molecule has 42 heavy (non-hydrogen) atoms. The van der Waals surface area contributed by atoms with Gasteiger partial charge < -0.3 is 20.3 Å². The molecule has 7 nitrogen and oxygen atoms in total. The van der Waals surface area contributed by atoms with Gasteiger partial charge in [-0.25, -0.2) is 4.98 Å². The second-order valence-electron chi connectivity index (χ2n) is 13.0. The van der Waals surface area contributed by atoms with Crippen LogP contribution >= 0.6 is 11.3 Å². The first-order chi connectivity index (χ1) is 20.1. The third-order valence-corrected chi connectivity index (χ3v) is 10.1. The number of fused-ring (bicyclic) bond motifs is 2. The Morgan fingerprint density at radius 1 is 1.14 bits per heavy atom. The Morgan fingerprint density at radius 3 is 2.62 bits per heavy atom. The standard InChI is InChI=1S/C34H40N4O3S/c1-34(2,3)26-9-10-28-24(17-26)16-25-18-30(42-33(25)37-28)32(41)36-29(13-15-38-14-12-27(39)20-38)22-6-4-21(5-7-22)23-8-11-31(40)35-19-23/h4-8,11,16,18-19,26-27,29,39H,9-10,12-15,17,20H2,1-3H3,(H,35,40)(H,36,41)/t26-,27?,29+/m0/s1. The Morgan fingerprint density at radius 2 is 1.93 bits per heavy atom. The zero-order chi connectivity index (χ0) is 29.4. The SMILES string of the molecule is CC(C)(C)[C@H]1CCc2nc3sc(C(=O)N[C@H](CCN4CCC(O)C4)c4ccc(-c5ccc(=O)[nH]c5)cc4)cc3cc2C1. The van der Waals surface area contributed by atoms with Crippen LogP contribution in [0.1, 0.15) is 72.6 Å². The molecule has 6 rings (SSSR count). The van der Waals surface area contributed by atoms with Crippen molar-refractivity contribution in [3.8, 4) is 11.1 Å². The van der Waals surface area contributed by atoms with E-state index in [1.54, 1.807) is 6.20 Å². The molecule has 3 N–H and O–H groups in total. The number of nitrogens with one attached hydrogen (secondary N) is 2. The van der Waals surface area contributed by atoms with E-state index in [1.807, 2.05) is 24.3 Å². The fraction of sp³-hybridized carbons (Fsp3) is 0.441. The zero-order valence-electron chi connectivity index (χ0n) is 24.7. The number of aryl methyl sites for hydroxylation is 1. The molecule has 3 aromatic heterocycles. The second kappa shape index (κ2) is 11.7. The van der Waals surface area contributed by atoms with E-state index in [4.69, 9.17) is 4.98 Å². The maximum Gasteiger partial charge on any atom is 0.261 e. The van der Waals surface area contributed by atoms with E-state index in [-0.39, 0.29) is 29.0 Å². The van der Waals surface area contributed by atoms with E-state index < -0.39 is 0 Å². The van der Waals surface area contributed by atoms with Crippen LogP contribution in [0.2, 0.25) is 0 Å².